The number of hydrogen-bond acceptors (Lipinski definition) is 2. The van der Waals surface area contributed by atoms with Gasteiger partial charge in [-0.15, -0.1) is 0 Å². The van der Waals surface area contributed by atoms with Gasteiger partial charge in [0.1, 0.15) is 0 Å². The van der Waals surface area contributed by atoms with Gasteiger partial charge in [0.25, 0.3) is 0 Å². The number of halogens is 3. The molecule has 2 nitrogen and oxygen atoms in total. The van der Waals surface area contributed by atoms with Crippen molar-refractivity contribution in [1.82, 2.24) is 0 Å². The normalized spacial score (nSPS) is 45.3. The minimum atomic E-state index is -4.33. The summed E-state index contributed by atoms with van der Waals surface area (Å²) in [5.74, 6) is 2.25. The Hall–Kier alpha value is -1.33. The first-order valence-corrected chi connectivity index (χ1v) is 12.3. The summed E-state index contributed by atoms with van der Waals surface area (Å²) in [5, 5.41) is 21.5. The minimum Gasteiger partial charge on any atom is -0.393 e. The molecule has 4 aliphatic rings. The lowest BCUT2D eigenvalue weighted by atomic mass is 9.45. The molecule has 0 saturated heterocycles. The standard InChI is InChI=1S/C27H35F3O2/c1-25-11-9-20(31)15-19(25)7-8-21-22(25)10-12-26(2)23(21)14-17(24(26)32)13-16-3-5-18(6-4-16)27(28,29)30/h3-6,13,19-24,31-32H,7-12,14-15H2,1-2H3/b17-13+/t19-,20-,21-,22+,23+,24+,25+,26+/m1/s1. The first-order chi connectivity index (χ1) is 15.0. The van der Waals surface area contributed by atoms with Gasteiger partial charge in [0.15, 0.2) is 0 Å². The number of aliphatic hydroxyl groups is 2. The average molecular weight is 449 g/mol. The highest BCUT2D eigenvalue weighted by Gasteiger charge is 2.61. The van der Waals surface area contributed by atoms with Crippen molar-refractivity contribution in [2.75, 3.05) is 0 Å². The molecule has 0 radical (unpaired) electrons. The van der Waals surface area contributed by atoms with Crippen LogP contribution in [-0.2, 0) is 6.18 Å². The Morgan fingerprint density at radius 2 is 1.59 bits per heavy atom. The molecule has 2 N–H and O–H groups in total. The van der Waals surface area contributed by atoms with Gasteiger partial charge in [-0.25, -0.2) is 0 Å². The maximum atomic E-state index is 12.9. The van der Waals surface area contributed by atoms with Crippen LogP contribution in [-0.4, -0.2) is 22.4 Å². The van der Waals surface area contributed by atoms with E-state index >= 15 is 0 Å². The molecule has 0 aliphatic heterocycles. The molecule has 0 amide bonds. The van der Waals surface area contributed by atoms with Crippen LogP contribution in [0.1, 0.15) is 76.3 Å². The number of aliphatic hydroxyl groups excluding tert-OH is 2. The van der Waals surface area contributed by atoms with E-state index in [0.29, 0.717) is 23.7 Å². The van der Waals surface area contributed by atoms with E-state index in [2.05, 4.69) is 13.8 Å². The summed E-state index contributed by atoms with van der Waals surface area (Å²) in [6.07, 6.45) is 5.13. The Morgan fingerprint density at radius 1 is 0.906 bits per heavy atom. The zero-order valence-corrected chi connectivity index (χ0v) is 19.0. The lowest BCUT2D eigenvalue weighted by Crippen LogP contribution is -2.54. The van der Waals surface area contributed by atoms with Crippen molar-refractivity contribution in [3.05, 3.63) is 41.0 Å². The maximum Gasteiger partial charge on any atom is 0.416 e. The van der Waals surface area contributed by atoms with Gasteiger partial charge in [-0.3, -0.25) is 0 Å². The third kappa shape index (κ3) is 3.46. The molecule has 0 unspecified atom stereocenters. The first-order valence-electron chi connectivity index (χ1n) is 12.3. The molecule has 0 bridgehead atoms. The molecule has 1 aromatic rings. The number of fused-ring (bicyclic) bond motifs is 5. The first kappa shape index (κ1) is 22.5. The fourth-order valence-corrected chi connectivity index (χ4v) is 8.22. The maximum absolute atomic E-state index is 12.9. The molecule has 4 fully saturated rings. The molecule has 0 spiro atoms. The molecule has 5 rings (SSSR count). The van der Waals surface area contributed by atoms with Gasteiger partial charge in [-0.1, -0.05) is 32.1 Å². The van der Waals surface area contributed by atoms with E-state index in [1.54, 1.807) is 0 Å². The van der Waals surface area contributed by atoms with Gasteiger partial charge in [-0.05, 0) is 104 Å². The molecule has 0 heterocycles. The van der Waals surface area contributed by atoms with Gasteiger partial charge < -0.3 is 10.2 Å². The molecule has 176 valence electrons. The quantitative estimate of drug-likeness (QED) is 0.517. The van der Waals surface area contributed by atoms with Crippen LogP contribution in [0, 0.1) is 34.5 Å². The highest BCUT2D eigenvalue weighted by Crippen LogP contribution is 2.67. The molecule has 32 heavy (non-hydrogen) atoms. The summed E-state index contributed by atoms with van der Waals surface area (Å²) < 4.78 is 38.7. The number of hydrogen-bond donors (Lipinski definition) is 2. The van der Waals surface area contributed by atoms with Crippen LogP contribution in [0.4, 0.5) is 13.2 Å². The van der Waals surface area contributed by atoms with Gasteiger partial charge in [0, 0.05) is 5.41 Å². The molecular weight excluding hydrogens is 413 g/mol. The third-order valence-corrected chi connectivity index (χ3v) is 10.1. The zero-order valence-electron chi connectivity index (χ0n) is 19.0. The summed E-state index contributed by atoms with van der Waals surface area (Å²) in [6, 6.07) is 5.26. The molecule has 8 atom stereocenters. The van der Waals surface area contributed by atoms with Crippen molar-refractivity contribution in [2.45, 2.75) is 83.6 Å². The van der Waals surface area contributed by atoms with Crippen LogP contribution >= 0.6 is 0 Å². The Bertz CT molecular complexity index is 891. The Labute approximate surface area is 188 Å². The van der Waals surface area contributed by atoms with Crippen molar-refractivity contribution in [1.29, 1.82) is 0 Å². The van der Waals surface area contributed by atoms with E-state index in [-0.39, 0.29) is 16.9 Å². The topological polar surface area (TPSA) is 40.5 Å². The van der Waals surface area contributed by atoms with Crippen LogP contribution in [0.3, 0.4) is 0 Å². The van der Waals surface area contributed by atoms with Crippen molar-refractivity contribution in [2.24, 2.45) is 34.5 Å². The van der Waals surface area contributed by atoms with E-state index < -0.39 is 17.8 Å². The van der Waals surface area contributed by atoms with E-state index in [4.69, 9.17) is 0 Å². The molecule has 1 aromatic carbocycles. The fourth-order valence-electron chi connectivity index (χ4n) is 8.22. The average Bonchev–Trinajstić information content (AvgIpc) is 2.99. The third-order valence-electron chi connectivity index (χ3n) is 10.1. The summed E-state index contributed by atoms with van der Waals surface area (Å²) >= 11 is 0. The predicted octanol–water partition coefficient (Wildman–Crippen LogP) is 6.46. The smallest absolute Gasteiger partial charge is 0.393 e. The molecule has 4 aliphatic carbocycles. The van der Waals surface area contributed by atoms with E-state index in [1.165, 1.54) is 12.1 Å². The second-order valence-corrected chi connectivity index (χ2v) is 11.6. The number of alkyl halides is 3. The van der Waals surface area contributed by atoms with Crippen molar-refractivity contribution >= 4 is 6.08 Å². The number of rotatable bonds is 1. The minimum absolute atomic E-state index is 0.148. The lowest BCUT2D eigenvalue weighted by Gasteiger charge is -2.60. The Balaban J connectivity index is 1.40. The van der Waals surface area contributed by atoms with Crippen LogP contribution in [0.2, 0.25) is 0 Å². The summed E-state index contributed by atoms with van der Waals surface area (Å²) in [4.78, 5) is 0. The van der Waals surface area contributed by atoms with Crippen molar-refractivity contribution in [3.8, 4) is 0 Å². The second kappa shape index (κ2) is 7.59. The van der Waals surface area contributed by atoms with Gasteiger partial charge in [0.05, 0.1) is 17.8 Å². The van der Waals surface area contributed by atoms with Crippen molar-refractivity contribution < 1.29 is 23.4 Å². The van der Waals surface area contributed by atoms with Crippen LogP contribution < -0.4 is 0 Å². The number of benzene rings is 1. The molecule has 0 aromatic heterocycles. The van der Waals surface area contributed by atoms with Crippen molar-refractivity contribution in [3.63, 3.8) is 0 Å². The molecule has 5 heteroatoms. The highest BCUT2D eigenvalue weighted by atomic mass is 19.4. The summed E-state index contributed by atoms with van der Waals surface area (Å²) in [7, 11) is 0. The highest BCUT2D eigenvalue weighted by molar-refractivity contribution is 5.56. The fraction of sp³-hybridized carbons (Fsp3) is 0.704. The predicted molar refractivity (Wildman–Crippen MR) is 119 cm³/mol. The largest absolute Gasteiger partial charge is 0.416 e. The Kier molecular flexibility index (Phi) is 5.33. The zero-order chi connectivity index (χ0) is 22.9. The van der Waals surface area contributed by atoms with Gasteiger partial charge in [0.2, 0.25) is 0 Å². The van der Waals surface area contributed by atoms with E-state index in [0.717, 1.165) is 74.6 Å². The van der Waals surface area contributed by atoms with E-state index in [1.807, 2.05) is 6.08 Å². The van der Waals surface area contributed by atoms with E-state index in [9.17, 15) is 23.4 Å². The lowest BCUT2D eigenvalue weighted by molar-refractivity contribution is -0.137. The van der Waals surface area contributed by atoms with Gasteiger partial charge in [-0.2, -0.15) is 13.2 Å². The molecular formula is C27H35F3O2. The van der Waals surface area contributed by atoms with Gasteiger partial charge >= 0.3 is 6.18 Å². The molecule has 4 saturated carbocycles. The summed E-state index contributed by atoms with van der Waals surface area (Å²) in [5.41, 5.74) is 1.19. The summed E-state index contributed by atoms with van der Waals surface area (Å²) in [6.45, 7) is 4.68. The second-order valence-electron chi connectivity index (χ2n) is 11.6. The van der Waals surface area contributed by atoms with Crippen LogP contribution in [0.25, 0.3) is 6.08 Å². The monoisotopic (exact) mass is 448 g/mol. The van der Waals surface area contributed by atoms with Crippen LogP contribution in [0.15, 0.2) is 29.8 Å². The SMILES string of the molecule is C[C@]12CC[C@@H](O)C[C@H]1CC[C@@H]1[C@@H]2CC[C@]2(C)[C@@H](O)/C(=C/c3ccc(C(F)(F)F)cc3)C[C@@H]12. The van der Waals surface area contributed by atoms with Crippen LogP contribution in [0.5, 0.6) is 0 Å². The Morgan fingerprint density at radius 3 is 2.28 bits per heavy atom.